The number of fused-ring (bicyclic) bond motifs is 1. The van der Waals surface area contributed by atoms with Crippen molar-refractivity contribution >= 4 is 16.8 Å². The fourth-order valence-electron chi connectivity index (χ4n) is 2.01. The lowest BCUT2D eigenvalue weighted by Gasteiger charge is -2.16. The first-order valence-electron chi connectivity index (χ1n) is 6.51. The third kappa shape index (κ3) is 3.53. The van der Waals surface area contributed by atoms with Gasteiger partial charge in [-0.25, -0.2) is 4.98 Å². The average molecular weight is 274 g/mol. The first-order valence-corrected chi connectivity index (χ1v) is 6.51. The third-order valence-corrected chi connectivity index (χ3v) is 3.01. The standard InChI is InChI=1S/C15H18N2O3/c1-20-10-12(8-9-18)16-15(19)14-7-6-11-4-2-3-5-13(11)17-14/h2-7,12,18H,8-10H2,1H3,(H,16,19). The molecule has 0 aliphatic carbocycles. The summed E-state index contributed by atoms with van der Waals surface area (Å²) in [6.45, 7) is 0.360. The lowest BCUT2D eigenvalue weighted by molar-refractivity contribution is 0.0874. The van der Waals surface area contributed by atoms with Gasteiger partial charge in [0.25, 0.3) is 5.91 Å². The maximum atomic E-state index is 12.1. The monoisotopic (exact) mass is 274 g/mol. The molecule has 1 heterocycles. The summed E-state index contributed by atoms with van der Waals surface area (Å²) in [6, 6.07) is 11.0. The number of methoxy groups -OCH3 is 1. The van der Waals surface area contributed by atoms with E-state index in [1.807, 2.05) is 30.3 Å². The number of aliphatic hydroxyl groups excluding tert-OH is 1. The van der Waals surface area contributed by atoms with Crippen molar-refractivity contribution in [2.24, 2.45) is 0 Å². The molecule has 1 aromatic carbocycles. The molecule has 0 saturated heterocycles. The number of amides is 1. The molecule has 0 aliphatic rings. The Morgan fingerprint density at radius 2 is 2.15 bits per heavy atom. The zero-order valence-corrected chi connectivity index (χ0v) is 11.4. The van der Waals surface area contributed by atoms with E-state index in [-0.39, 0.29) is 18.6 Å². The van der Waals surface area contributed by atoms with E-state index in [1.165, 1.54) is 0 Å². The lowest BCUT2D eigenvalue weighted by atomic mass is 10.2. The van der Waals surface area contributed by atoms with E-state index < -0.39 is 0 Å². The average Bonchev–Trinajstić information content (AvgIpc) is 2.47. The number of pyridine rings is 1. The second-order valence-corrected chi connectivity index (χ2v) is 4.53. The van der Waals surface area contributed by atoms with Crippen LogP contribution in [-0.4, -0.2) is 42.4 Å². The highest BCUT2D eigenvalue weighted by atomic mass is 16.5. The first-order chi connectivity index (χ1) is 9.74. The normalized spacial score (nSPS) is 12.3. The van der Waals surface area contributed by atoms with Gasteiger partial charge in [0.05, 0.1) is 18.2 Å². The zero-order valence-electron chi connectivity index (χ0n) is 11.4. The molecule has 1 amide bonds. The fourth-order valence-corrected chi connectivity index (χ4v) is 2.01. The molecule has 106 valence electrons. The van der Waals surface area contributed by atoms with E-state index in [2.05, 4.69) is 10.3 Å². The van der Waals surface area contributed by atoms with Crippen LogP contribution in [0, 0.1) is 0 Å². The van der Waals surface area contributed by atoms with Crippen LogP contribution in [0.25, 0.3) is 10.9 Å². The molecule has 1 aromatic heterocycles. The van der Waals surface area contributed by atoms with E-state index in [1.54, 1.807) is 13.2 Å². The highest BCUT2D eigenvalue weighted by Crippen LogP contribution is 2.11. The van der Waals surface area contributed by atoms with Gasteiger partial charge in [-0.3, -0.25) is 4.79 Å². The molecule has 2 aromatic rings. The number of hydrogen-bond donors (Lipinski definition) is 2. The molecule has 5 nitrogen and oxygen atoms in total. The van der Waals surface area contributed by atoms with Crippen molar-refractivity contribution in [2.45, 2.75) is 12.5 Å². The van der Waals surface area contributed by atoms with Crippen LogP contribution < -0.4 is 5.32 Å². The molecule has 1 atom stereocenters. The Morgan fingerprint density at radius 1 is 1.35 bits per heavy atom. The number of benzene rings is 1. The van der Waals surface area contributed by atoms with E-state index in [4.69, 9.17) is 9.84 Å². The van der Waals surface area contributed by atoms with Crippen molar-refractivity contribution in [1.29, 1.82) is 0 Å². The minimum Gasteiger partial charge on any atom is -0.396 e. The topological polar surface area (TPSA) is 71.5 Å². The molecule has 0 saturated carbocycles. The second-order valence-electron chi connectivity index (χ2n) is 4.53. The fraction of sp³-hybridized carbons (Fsp3) is 0.333. The van der Waals surface area contributed by atoms with Crippen molar-refractivity contribution in [3.05, 3.63) is 42.1 Å². The summed E-state index contributed by atoms with van der Waals surface area (Å²) < 4.78 is 5.02. The Labute approximate surface area is 117 Å². The highest BCUT2D eigenvalue weighted by molar-refractivity contribution is 5.95. The van der Waals surface area contributed by atoms with Gasteiger partial charge in [-0.05, 0) is 18.6 Å². The minimum atomic E-state index is -0.258. The largest absolute Gasteiger partial charge is 0.396 e. The number of hydrogen-bond acceptors (Lipinski definition) is 4. The number of ether oxygens (including phenoxy) is 1. The smallest absolute Gasteiger partial charge is 0.270 e. The summed E-state index contributed by atoms with van der Waals surface area (Å²) in [7, 11) is 1.56. The van der Waals surface area contributed by atoms with Gasteiger partial charge in [-0.1, -0.05) is 24.3 Å². The summed E-state index contributed by atoms with van der Waals surface area (Å²) in [4.78, 5) is 16.5. The molecule has 5 heteroatoms. The first kappa shape index (κ1) is 14.4. The summed E-state index contributed by atoms with van der Waals surface area (Å²) in [5.41, 5.74) is 1.15. The van der Waals surface area contributed by atoms with Crippen LogP contribution in [-0.2, 0) is 4.74 Å². The maximum Gasteiger partial charge on any atom is 0.270 e. The Kier molecular flexibility index (Phi) is 5.03. The van der Waals surface area contributed by atoms with E-state index in [9.17, 15) is 4.79 Å². The summed E-state index contributed by atoms with van der Waals surface area (Å²) in [6.07, 6.45) is 0.452. The van der Waals surface area contributed by atoms with Crippen LogP contribution in [0.4, 0.5) is 0 Å². The summed E-state index contributed by atoms with van der Waals surface area (Å²) in [5, 5.41) is 12.8. The second kappa shape index (κ2) is 6.98. The van der Waals surface area contributed by atoms with Crippen molar-refractivity contribution in [2.75, 3.05) is 20.3 Å². The molecule has 0 fully saturated rings. The van der Waals surface area contributed by atoms with E-state index in [0.717, 1.165) is 10.9 Å². The van der Waals surface area contributed by atoms with Gasteiger partial charge >= 0.3 is 0 Å². The van der Waals surface area contributed by atoms with Crippen LogP contribution in [0.15, 0.2) is 36.4 Å². The molecule has 2 N–H and O–H groups in total. The number of para-hydroxylation sites is 1. The van der Waals surface area contributed by atoms with Gasteiger partial charge in [-0.2, -0.15) is 0 Å². The number of carbonyl (C=O) groups excluding carboxylic acids is 1. The van der Waals surface area contributed by atoms with Gasteiger partial charge in [0.15, 0.2) is 0 Å². The minimum absolute atomic E-state index is 0.000540. The summed E-state index contributed by atoms with van der Waals surface area (Å²) >= 11 is 0. The third-order valence-electron chi connectivity index (χ3n) is 3.01. The zero-order chi connectivity index (χ0) is 14.4. The molecule has 0 radical (unpaired) electrons. The van der Waals surface area contributed by atoms with Crippen LogP contribution in [0.1, 0.15) is 16.9 Å². The van der Waals surface area contributed by atoms with Crippen molar-refractivity contribution < 1.29 is 14.6 Å². The molecule has 20 heavy (non-hydrogen) atoms. The number of rotatable bonds is 6. The van der Waals surface area contributed by atoms with Crippen molar-refractivity contribution in [3.63, 3.8) is 0 Å². The van der Waals surface area contributed by atoms with Gasteiger partial charge in [-0.15, -0.1) is 0 Å². The van der Waals surface area contributed by atoms with Crippen LogP contribution >= 0.6 is 0 Å². The number of nitrogens with one attached hydrogen (secondary N) is 1. The Bertz CT molecular complexity index is 580. The Balaban J connectivity index is 2.13. The lowest BCUT2D eigenvalue weighted by Crippen LogP contribution is -2.39. The predicted octanol–water partition coefficient (Wildman–Crippen LogP) is 1.36. The molecule has 0 aliphatic heterocycles. The molecule has 0 bridgehead atoms. The Hall–Kier alpha value is -1.98. The molecular formula is C15H18N2O3. The summed E-state index contributed by atoms with van der Waals surface area (Å²) in [5.74, 6) is -0.258. The molecule has 2 rings (SSSR count). The number of carbonyl (C=O) groups is 1. The highest BCUT2D eigenvalue weighted by Gasteiger charge is 2.14. The number of aliphatic hydroxyl groups is 1. The van der Waals surface area contributed by atoms with Gasteiger partial charge in [0, 0.05) is 19.1 Å². The van der Waals surface area contributed by atoms with Gasteiger partial charge in [0.2, 0.25) is 0 Å². The quantitative estimate of drug-likeness (QED) is 0.834. The maximum absolute atomic E-state index is 12.1. The van der Waals surface area contributed by atoms with Crippen LogP contribution in [0.3, 0.4) is 0 Å². The van der Waals surface area contributed by atoms with E-state index >= 15 is 0 Å². The number of nitrogens with zero attached hydrogens (tertiary/aromatic N) is 1. The molecule has 0 spiro atoms. The van der Waals surface area contributed by atoms with Crippen molar-refractivity contribution in [3.8, 4) is 0 Å². The van der Waals surface area contributed by atoms with Crippen molar-refractivity contribution in [1.82, 2.24) is 10.3 Å². The Morgan fingerprint density at radius 3 is 2.90 bits per heavy atom. The number of aromatic nitrogens is 1. The van der Waals surface area contributed by atoms with Crippen LogP contribution in [0.2, 0.25) is 0 Å². The SMILES string of the molecule is COCC(CCO)NC(=O)c1ccc2ccccc2n1. The molecule has 1 unspecified atom stereocenters. The van der Waals surface area contributed by atoms with Gasteiger partial charge in [0.1, 0.15) is 5.69 Å². The predicted molar refractivity (Wildman–Crippen MR) is 76.6 cm³/mol. The van der Waals surface area contributed by atoms with Gasteiger partial charge < -0.3 is 15.2 Å². The molecular weight excluding hydrogens is 256 g/mol. The van der Waals surface area contributed by atoms with Crippen LogP contribution in [0.5, 0.6) is 0 Å². The van der Waals surface area contributed by atoms with E-state index in [0.29, 0.717) is 18.7 Å².